The summed E-state index contributed by atoms with van der Waals surface area (Å²) in [5.74, 6) is 0.959. The monoisotopic (exact) mass is 382 g/mol. The van der Waals surface area contributed by atoms with Gasteiger partial charge in [0, 0.05) is 36.4 Å². The maximum Gasteiger partial charge on any atom is 0.254 e. The molecule has 1 unspecified atom stereocenters. The average Bonchev–Trinajstić information content (AvgIpc) is 3.05. The van der Waals surface area contributed by atoms with Gasteiger partial charge in [-0.25, -0.2) is 4.98 Å². The van der Waals surface area contributed by atoms with Crippen molar-refractivity contribution in [3.63, 3.8) is 0 Å². The van der Waals surface area contributed by atoms with Crippen molar-refractivity contribution < 1.29 is 14.3 Å². The molecule has 0 spiro atoms. The molecule has 3 fully saturated rings. The molecule has 9 nitrogen and oxygen atoms in total. The van der Waals surface area contributed by atoms with Crippen molar-refractivity contribution in [2.45, 2.75) is 44.2 Å². The Hall–Kier alpha value is -2.94. The maximum absolute atomic E-state index is 11.9. The number of hydrogen-bond acceptors (Lipinski definition) is 7. The molecule has 2 aromatic rings. The Morgan fingerprint density at radius 3 is 2.93 bits per heavy atom. The number of hydrogen-bond donors (Lipinski definition) is 3. The largest absolute Gasteiger partial charge is 0.376 e. The summed E-state index contributed by atoms with van der Waals surface area (Å²) in [6, 6.07) is 2.41. The van der Waals surface area contributed by atoms with Gasteiger partial charge in [0.05, 0.1) is 18.7 Å². The Morgan fingerprint density at radius 1 is 1.32 bits per heavy atom. The zero-order chi connectivity index (χ0) is 19.1. The van der Waals surface area contributed by atoms with Crippen LogP contribution in [0.2, 0.25) is 0 Å². The van der Waals surface area contributed by atoms with Gasteiger partial charge in [0.25, 0.3) is 5.91 Å². The van der Waals surface area contributed by atoms with Gasteiger partial charge in [0.1, 0.15) is 11.6 Å². The van der Waals surface area contributed by atoms with Gasteiger partial charge >= 0.3 is 0 Å². The van der Waals surface area contributed by atoms with Crippen LogP contribution in [0.15, 0.2) is 17.8 Å². The molecule has 2 saturated heterocycles. The Morgan fingerprint density at radius 2 is 2.21 bits per heavy atom. The van der Waals surface area contributed by atoms with Crippen LogP contribution in [0.5, 0.6) is 0 Å². The third kappa shape index (κ3) is 3.45. The van der Waals surface area contributed by atoms with E-state index in [1.165, 1.54) is 0 Å². The highest BCUT2D eigenvalue weighted by Crippen LogP contribution is 2.28. The van der Waals surface area contributed by atoms with E-state index in [1.807, 2.05) is 6.07 Å². The number of carbonyl (C=O) groups excluding carboxylic acids is 2. The SMILES string of the molecule is O=C1C/C(=C\c2cnn3c(NC4CC4)cc(NCC4CCCO4)nc23)C(=O)N1. The van der Waals surface area contributed by atoms with Crippen LogP contribution < -0.4 is 16.0 Å². The molecule has 3 aliphatic rings. The van der Waals surface area contributed by atoms with Gasteiger partial charge in [-0.2, -0.15) is 9.61 Å². The number of fused-ring (bicyclic) bond motifs is 1. The fraction of sp³-hybridized carbons (Fsp3) is 0.474. The highest BCUT2D eigenvalue weighted by Gasteiger charge is 2.26. The van der Waals surface area contributed by atoms with Gasteiger partial charge < -0.3 is 15.4 Å². The maximum atomic E-state index is 11.9. The number of nitrogens with one attached hydrogen (secondary N) is 3. The van der Waals surface area contributed by atoms with Gasteiger partial charge in [-0.3, -0.25) is 14.9 Å². The minimum atomic E-state index is -0.353. The molecule has 0 bridgehead atoms. The predicted molar refractivity (Wildman–Crippen MR) is 103 cm³/mol. The lowest BCUT2D eigenvalue weighted by Gasteiger charge is -2.14. The minimum Gasteiger partial charge on any atom is -0.376 e. The van der Waals surface area contributed by atoms with E-state index in [9.17, 15) is 9.59 Å². The van der Waals surface area contributed by atoms with E-state index in [0.717, 1.165) is 43.9 Å². The van der Waals surface area contributed by atoms with E-state index in [1.54, 1.807) is 16.8 Å². The first kappa shape index (κ1) is 17.2. The first-order valence-corrected chi connectivity index (χ1v) is 9.71. The second kappa shape index (κ2) is 6.90. The molecule has 1 atom stereocenters. The number of amides is 2. The van der Waals surface area contributed by atoms with Crippen LogP contribution in [0.1, 0.15) is 37.7 Å². The van der Waals surface area contributed by atoms with Crippen molar-refractivity contribution in [2.75, 3.05) is 23.8 Å². The molecule has 9 heteroatoms. The molecule has 28 heavy (non-hydrogen) atoms. The van der Waals surface area contributed by atoms with Crippen molar-refractivity contribution in [1.82, 2.24) is 19.9 Å². The van der Waals surface area contributed by atoms with Crippen LogP contribution >= 0.6 is 0 Å². The van der Waals surface area contributed by atoms with Gasteiger partial charge in [-0.05, 0) is 31.8 Å². The molecule has 2 aromatic heterocycles. The van der Waals surface area contributed by atoms with Crippen molar-refractivity contribution >= 4 is 35.2 Å². The standard InChI is InChI=1S/C19H22N6O3/c26-17-7-11(19(27)24-17)6-12-9-21-25-16(22-13-3-4-13)8-15(23-18(12)25)20-10-14-2-1-5-28-14/h6,8-9,13-14,22H,1-5,7,10H2,(H,20,23)(H,24,26,27)/b11-6+. The van der Waals surface area contributed by atoms with Gasteiger partial charge in [-0.15, -0.1) is 0 Å². The minimum absolute atomic E-state index is 0.0836. The quantitative estimate of drug-likeness (QED) is 0.511. The second-order valence-corrected chi connectivity index (χ2v) is 7.52. The molecule has 1 aliphatic carbocycles. The van der Waals surface area contributed by atoms with Crippen molar-refractivity contribution in [3.8, 4) is 0 Å². The van der Waals surface area contributed by atoms with Crippen molar-refractivity contribution in [2.24, 2.45) is 0 Å². The summed E-state index contributed by atoms with van der Waals surface area (Å²) in [6.07, 6.45) is 8.08. The summed E-state index contributed by atoms with van der Waals surface area (Å²) in [4.78, 5) is 28.1. The normalized spacial score (nSPS) is 23.6. The van der Waals surface area contributed by atoms with Gasteiger partial charge in [0.15, 0.2) is 5.65 Å². The molecule has 146 valence electrons. The summed E-state index contributed by atoms with van der Waals surface area (Å²) < 4.78 is 7.42. The molecular weight excluding hydrogens is 360 g/mol. The molecule has 3 N–H and O–H groups in total. The summed E-state index contributed by atoms with van der Waals surface area (Å²) in [7, 11) is 0. The van der Waals surface area contributed by atoms with Crippen LogP contribution in [0, 0.1) is 0 Å². The number of imide groups is 1. The van der Waals surface area contributed by atoms with E-state index in [0.29, 0.717) is 29.4 Å². The van der Waals surface area contributed by atoms with Crippen LogP contribution in [0.3, 0.4) is 0 Å². The Balaban J connectivity index is 1.48. The third-order valence-electron chi connectivity index (χ3n) is 5.19. The predicted octanol–water partition coefficient (Wildman–Crippen LogP) is 1.32. The Labute approximate surface area is 161 Å². The zero-order valence-corrected chi connectivity index (χ0v) is 15.4. The molecule has 2 amide bonds. The van der Waals surface area contributed by atoms with E-state index in [-0.39, 0.29) is 24.3 Å². The number of anilines is 2. The van der Waals surface area contributed by atoms with Crippen LogP contribution in [0.25, 0.3) is 11.7 Å². The Bertz CT molecular complexity index is 971. The lowest BCUT2D eigenvalue weighted by Crippen LogP contribution is -2.19. The first-order chi connectivity index (χ1) is 13.7. The van der Waals surface area contributed by atoms with E-state index >= 15 is 0 Å². The number of ether oxygens (including phenoxy) is 1. The molecular formula is C19H22N6O3. The molecule has 2 aliphatic heterocycles. The van der Waals surface area contributed by atoms with Gasteiger partial charge in [0.2, 0.25) is 5.91 Å². The van der Waals surface area contributed by atoms with Gasteiger partial charge in [-0.1, -0.05) is 0 Å². The highest BCUT2D eigenvalue weighted by molar-refractivity contribution is 6.15. The van der Waals surface area contributed by atoms with Crippen LogP contribution in [-0.4, -0.2) is 51.7 Å². The Kier molecular flexibility index (Phi) is 4.23. The molecule has 1 saturated carbocycles. The van der Waals surface area contributed by atoms with Crippen molar-refractivity contribution in [1.29, 1.82) is 0 Å². The number of carbonyl (C=O) groups is 2. The number of nitrogens with zero attached hydrogens (tertiary/aromatic N) is 3. The summed E-state index contributed by atoms with van der Waals surface area (Å²) in [5, 5.41) is 13.6. The summed E-state index contributed by atoms with van der Waals surface area (Å²) >= 11 is 0. The summed E-state index contributed by atoms with van der Waals surface area (Å²) in [5.41, 5.74) is 1.77. The lowest BCUT2D eigenvalue weighted by atomic mass is 10.1. The van der Waals surface area contributed by atoms with E-state index < -0.39 is 0 Å². The summed E-state index contributed by atoms with van der Waals surface area (Å²) in [6.45, 7) is 1.52. The second-order valence-electron chi connectivity index (χ2n) is 7.52. The zero-order valence-electron chi connectivity index (χ0n) is 15.4. The molecule has 0 aromatic carbocycles. The highest BCUT2D eigenvalue weighted by atomic mass is 16.5. The number of aromatic nitrogens is 3. The fourth-order valence-electron chi connectivity index (χ4n) is 3.54. The van der Waals surface area contributed by atoms with Crippen LogP contribution in [0.4, 0.5) is 11.6 Å². The van der Waals surface area contributed by atoms with E-state index in [2.05, 4.69) is 21.0 Å². The molecule has 0 radical (unpaired) electrons. The first-order valence-electron chi connectivity index (χ1n) is 9.71. The average molecular weight is 382 g/mol. The third-order valence-corrected chi connectivity index (χ3v) is 5.19. The number of rotatable bonds is 6. The van der Waals surface area contributed by atoms with Crippen LogP contribution in [-0.2, 0) is 14.3 Å². The molecule has 4 heterocycles. The topological polar surface area (TPSA) is 110 Å². The molecule has 5 rings (SSSR count). The smallest absolute Gasteiger partial charge is 0.254 e. The lowest BCUT2D eigenvalue weighted by molar-refractivity contribution is -0.124. The fourth-order valence-corrected chi connectivity index (χ4v) is 3.54. The van der Waals surface area contributed by atoms with Crippen molar-refractivity contribution in [3.05, 3.63) is 23.4 Å². The van der Waals surface area contributed by atoms with E-state index in [4.69, 9.17) is 9.72 Å².